The fourth-order valence-electron chi connectivity index (χ4n) is 3.20. The third-order valence-corrected chi connectivity index (χ3v) is 6.59. The quantitative estimate of drug-likeness (QED) is 0.658. The van der Waals surface area contributed by atoms with Gasteiger partial charge in [-0.15, -0.1) is 0 Å². The Bertz CT molecular complexity index is 1070. The summed E-state index contributed by atoms with van der Waals surface area (Å²) in [6, 6.07) is 20.7. The molecule has 3 aromatic rings. The Morgan fingerprint density at radius 3 is 2.29 bits per heavy atom. The smallest absolute Gasteiger partial charge is 0.251 e. The summed E-state index contributed by atoms with van der Waals surface area (Å²) in [6.45, 7) is 4.18. The zero-order chi connectivity index (χ0) is 20.1. The van der Waals surface area contributed by atoms with Crippen molar-refractivity contribution in [3.05, 3.63) is 77.9 Å². The molecule has 0 aliphatic heterocycles. The van der Waals surface area contributed by atoms with Crippen LogP contribution in [-0.4, -0.2) is 26.6 Å². The second-order valence-corrected chi connectivity index (χ2v) is 8.62. The zero-order valence-corrected chi connectivity index (χ0v) is 16.9. The van der Waals surface area contributed by atoms with Crippen LogP contribution in [0, 0.1) is 0 Å². The molecular weight excluding hydrogens is 372 g/mol. The molecule has 0 aliphatic carbocycles. The van der Waals surface area contributed by atoms with Crippen LogP contribution in [-0.2, 0) is 16.6 Å². The lowest BCUT2D eigenvalue weighted by atomic mass is 10.0. The normalized spacial score (nSPS) is 11.4. The van der Waals surface area contributed by atoms with E-state index in [0.29, 0.717) is 24.3 Å². The number of rotatable bonds is 7. The van der Waals surface area contributed by atoms with Crippen molar-refractivity contribution in [1.29, 1.82) is 0 Å². The van der Waals surface area contributed by atoms with Crippen LogP contribution in [0.3, 0.4) is 0 Å². The Balaban J connectivity index is 1.73. The molecule has 1 amide bonds. The van der Waals surface area contributed by atoms with Crippen LogP contribution in [0.25, 0.3) is 10.8 Å². The summed E-state index contributed by atoms with van der Waals surface area (Å²) in [4.78, 5) is 12.5. The van der Waals surface area contributed by atoms with E-state index in [9.17, 15) is 13.2 Å². The molecule has 0 bridgehead atoms. The maximum atomic E-state index is 12.5. The summed E-state index contributed by atoms with van der Waals surface area (Å²) in [5.74, 6) is -0.158. The molecule has 0 aromatic heterocycles. The molecule has 5 nitrogen and oxygen atoms in total. The van der Waals surface area contributed by atoms with Crippen molar-refractivity contribution in [3.63, 3.8) is 0 Å². The van der Waals surface area contributed by atoms with E-state index in [0.717, 1.165) is 16.3 Å². The Morgan fingerprint density at radius 2 is 1.61 bits per heavy atom. The second-order valence-electron chi connectivity index (χ2n) is 6.43. The molecule has 0 atom stereocenters. The minimum atomic E-state index is -3.33. The highest BCUT2D eigenvalue weighted by atomic mass is 32.2. The van der Waals surface area contributed by atoms with Crippen molar-refractivity contribution in [1.82, 2.24) is 5.32 Å². The first-order valence-electron chi connectivity index (χ1n) is 9.31. The van der Waals surface area contributed by atoms with Gasteiger partial charge in [-0.2, -0.15) is 0 Å². The van der Waals surface area contributed by atoms with E-state index in [1.807, 2.05) is 42.5 Å². The molecule has 0 saturated heterocycles. The minimum Gasteiger partial charge on any atom is -0.348 e. The molecule has 0 fully saturated rings. The second kappa shape index (κ2) is 8.44. The van der Waals surface area contributed by atoms with Crippen molar-refractivity contribution in [2.45, 2.75) is 20.4 Å². The summed E-state index contributed by atoms with van der Waals surface area (Å²) in [5.41, 5.74) is 2.11. The topological polar surface area (TPSA) is 66.5 Å². The Hall–Kier alpha value is -2.86. The van der Waals surface area contributed by atoms with E-state index in [1.165, 1.54) is 4.31 Å². The van der Waals surface area contributed by atoms with Gasteiger partial charge in [0.05, 0.1) is 11.4 Å². The zero-order valence-electron chi connectivity index (χ0n) is 16.1. The molecule has 28 heavy (non-hydrogen) atoms. The summed E-state index contributed by atoms with van der Waals surface area (Å²) in [5, 5.41) is 5.19. The molecule has 0 aliphatic rings. The highest BCUT2D eigenvalue weighted by Crippen LogP contribution is 2.20. The van der Waals surface area contributed by atoms with Gasteiger partial charge < -0.3 is 5.32 Å². The van der Waals surface area contributed by atoms with E-state index in [1.54, 1.807) is 38.1 Å². The van der Waals surface area contributed by atoms with E-state index >= 15 is 0 Å². The molecule has 0 radical (unpaired) electrons. The Labute approximate surface area is 166 Å². The first kappa shape index (κ1) is 19.9. The lowest BCUT2D eigenvalue weighted by Crippen LogP contribution is -2.32. The molecule has 3 aromatic carbocycles. The van der Waals surface area contributed by atoms with Crippen LogP contribution in [0.5, 0.6) is 0 Å². The van der Waals surface area contributed by atoms with Crippen LogP contribution in [0.1, 0.15) is 29.8 Å². The summed E-state index contributed by atoms with van der Waals surface area (Å²) < 4.78 is 25.7. The minimum absolute atomic E-state index is 0.0358. The van der Waals surface area contributed by atoms with E-state index in [2.05, 4.69) is 5.32 Å². The van der Waals surface area contributed by atoms with Crippen LogP contribution < -0.4 is 9.62 Å². The number of nitrogens with one attached hydrogen (secondary N) is 1. The molecule has 6 heteroatoms. The van der Waals surface area contributed by atoms with Crippen LogP contribution in [0.2, 0.25) is 0 Å². The highest BCUT2D eigenvalue weighted by molar-refractivity contribution is 7.92. The third-order valence-electron chi connectivity index (χ3n) is 4.72. The Morgan fingerprint density at radius 1 is 0.929 bits per heavy atom. The monoisotopic (exact) mass is 396 g/mol. The lowest BCUT2D eigenvalue weighted by Gasteiger charge is -2.22. The molecular formula is C22H24N2O3S. The van der Waals surface area contributed by atoms with Gasteiger partial charge in [0.15, 0.2) is 0 Å². The standard InChI is InChI=1S/C22H24N2O3S/c1-3-24(28(26,27)4-2)20-14-12-18(13-15-20)22(25)23-16-19-10-7-9-17-8-5-6-11-21(17)19/h5-15H,3-4,16H2,1-2H3,(H,23,25). The van der Waals surface area contributed by atoms with Crippen molar-refractivity contribution >= 4 is 32.4 Å². The van der Waals surface area contributed by atoms with Crippen molar-refractivity contribution in [2.75, 3.05) is 16.6 Å². The number of amides is 1. The van der Waals surface area contributed by atoms with Gasteiger partial charge in [0.1, 0.15) is 0 Å². The largest absolute Gasteiger partial charge is 0.348 e. The van der Waals surface area contributed by atoms with Crippen LogP contribution in [0.15, 0.2) is 66.7 Å². The summed E-state index contributed by atoms with van der Waals surface area (Å²) >= 11 is 0. The van der Waals surface area contributed by atoms with Gasteiger partial charge in [0.25, 0.3) is 5.91 Å². The number of benzene rings is 3. The van der Waals surface area contributed by atoms with E-state index in [-0.39, 0.29) is 11.7 Å². The molecule has 0 spiro atoms. The van der Waals surface area contributed by atoms with Crippen LogP contribution >= 0.6 is 0 Å². The summed E-state index contributed by atoms with van der Waals surface area (Å²) in [7, 11) is -3.33. The third kappa shape index (κ3) is 4.17. The van der Waals surface area contributed by atoms with Gasteiger partial charge in [-0.1, -0.05) is 42.5 Å². The predicted molar refractivity (Wildman–Crippen MR) is 114 cm³/mol. The lowest BCUT2D eigenvalue weighted by molar-refractivity contribution is 0.0951. The van der Waals surface area contributed by atoms with Gasteiger partial charge in [0, 0.05) is 18.7 Å². The highest BCUT2D eigenvalue weighted by Gasteiger charge is 2.19. The SMILES string of the molecule is CCN(c1ccc(C(=O)NCc2cccc3ccccc23)cc1)S(=O)(=O)CC. The van der Waals surface area contributed by atoms with Gasteiger partial charge in [0.2, 0.25) is 10.0 Å². The van der Waals surface area contributed by atoms with Gasteiger partial charge in [-0.05, 0) is 54.4 Å². The maximum Gasteiger partial charge on any atom is 0.251 e. The number of carbonyl (C=O) groups is 1. The number of fused-ring (bicyclic) bond motifs is 1. The van der Waals surface area contributed by atoms with Gasteiger partial charge in [-0.25, -0.2) is 8.42 Å². The molecule has 0 unspecified atom stereocenters. The van der Waals surface area contributed by atoms with Crippen molar-refractivity contribution in [3.8, 4) is 0 Å². The number of anilines is 1. The van der Waals surface area contributed by atoms with Crippen LogP contribution in [0.4, 0.5) is 5.69 Å². The maximum absolute atomic E-state index is 12.5. The number of hydrogen-bond donors (Lipinski definition) is 1. The van der Waals surface area contributed by atoms with Gasteiger partial charge >= 0.3 is 0 Å². The first-order valence-corrected chi connectivity index (χ1v) is 10.9. The number of carbonyl (C=O) groups excluding carboxylic acids is 1. The number of sulfonamides is 1. The Kier molecular flexibility index (Phi) is 5.99. The fraction of sp³-hybridized carbons (Fsp3) is 0.227. The molecule has 1 N–H and O–H groups in total. The number of hydrogen-bond acceptors (Lipinski definition) is 3. The van der Waals surface area contributed by atoms with Crippen molar-refractivity contribution < 1.29 is 13.2 Å². The molecule has 3 rings (SSSR count). The van der Waals surface area contributed by atoms with Gasteiger partial charge in [-0.3, -0.25) is 9.10 Å². The summed E-state index contributed by atoms with van der Waals surface area (Å²) in [6.07, 6.45) is 0. The van der Waals surface area contributed by atoms with E-state index in [4.69, 9.17) is 0 Å². The molecule has 0 heterocycles. The average molecular weight is 397 g/mol. The van der Waals surface area contributed by atoms with Crippen molar-refractivity contribution in [2.24, 2.45) is 0 Å². The molecule has 146 valence electrons. The fourth-order valence-corrected chi connectivity index (χ4v) is 4.35. The predicted octanol–water partition coefficient (Wildman–Crippen LogP) is 3.95. The average Bonchev–Trinajstić information content (AvgIpc) is 2.72. The van der Waals surface area contributed by atoms with E-state index < -0.39 is 10.0 Å². The first-order chi connectivity index (χ1) is 13.5. The number of nitrogens with zero attached hydrogens (tertiary/aromatic N) is 1. The molecule has 0 saturated carbocycles.